The summed E-state index contributed by atoms with van der Waals surface area (Å²) in [5.41, 5.74) is 0.892. The number of hydrogen-bond donors (Lipinski definition) is 0. The molecule has 124 valence electrons. The van der Waals surface area contributed by atoms with Crippen LogP contribution in [0.25, 0.3) is 0 Å². The zero-order valence-electron chi connectivity index (χ0n) is 12.1. The SMILES string of the molecule is C#CCOC(=O)c1cc(Cl)c(OCc2ccc(Cl)cc2Cl)c(Cl)c1. The van der Waals surface area contributed by atoms with Gasteiger partial charge in [0.2, 0.25) is 0 Å². The van der Waals surface area contributed by atoms with Crippen molar-refractivity contribution in [3.8, 4) is 18.1 Å². The van der Waals surface area contributed by atoms with Crippen molar-refractivity contribution in [3.05, 3.63) is 61.5 Å². The second-order valence-electron chi connectivity index (χ2n) is 4.57. The smallest absolute Gasteiger partial charge is 0.339 e. The Morgan fingerprint density at radius 2 is 1.71 bits per heavy atom. The molecule has 0 aliphatic carbocycles. The van der Waals surface area contributed by atoms with Gasteiger partial charge < -0.3 is 9.47 Å². The first-order valence-corrected chi connectivity index (χ1v) is 8.10. The topological polar surface area (TPSA) is 35.5 Å². The maximum Gasteiger partial charge on any atom is 0.339 e. The minimum absolute atomic E-state index is 0.135. The fraction of sp³-hybridized carbons (Fsp3) is 0.118. The van der Waals surface area contributed by atoms with Crippen LogP contribution < -0.4 is 4.74 Å². The van der Waals surface area contributed by atoms with Gasteiger partial charge in [-0.3, -0.25) is 0 Å². The van der Waals surface area contributed by atoms with E-state index >= 15 is 0 Å². The van der Waals surface area contributed by atoms with E-state index in [0.29, 0.717) is 15.6 Å². The van der Waals surface area contributed by atoms with E-state index in [1.54, 1.807) is 18.2 Å². The number of rotatable bonds is 5. The minimum Gasteiger partial charge on any atom is -0.486 e. The van der Waals surface area contributed by atoms with Crippen LogP contribution in [0.3, 0.4) is 0 Å². The summed E-state index contributed by atoms with van der Waals surface area (Å²) < 4.78 is 10.4. The molecule has 7 heteroatoms. The van der Waals surface area contributed by atoms with Gasteiger partial charge in [0.25, 0.3) is 0 Å². The second kappa shape index (κ2) is 8.50. The quantitative estimate of drug-likeness (QED) is 0.476. The predicted molar refractivity (Wildman–Crippen MR) is 96.4 cm³/mol. The van der Waals surface area contributed by atoms with Crippen LogP contribution in [0.5, 0.6) is 5.75 Å². The highest BCUT2D eigenvalue weighted by Gasteiger charge is 2.15. The molecule has 2 aromatic carbocycles. The van der Waals surface area contributed by atoms with Crippen LogP contribution in [0.2, 0.25) is 20.1 Å². The monoisotopic (exact) mass is 402 g/mol. The fourth-order valence-electron chi connectivity index (χ4n) is 1.79. The highest BCUT2D eigenvalue weighted by molar-refractivity contribution is 6.37. The van der Waals surface area contributed by atoms with Crippen molar-refractivity contribution in [2.45, 2.75) is 6.61 Å². The number of hydrogen-bond acceptors (Lipinski definition) is 3. The summed E-state index contributed by atoms with van der Waals surface area (Å²) >= 11 is 24.2. The molecule has 0 fully saturated rings. The Morgan fingerprint density at radius 1 is 1.04 bits per heavy atom. The number of ether oxygens (including phenoxy) is 2. The van der Waals surface area contributed by atoms with Gasteiger partial charge in [-0.25, -0.2) is 4.79 Å². The Morgan fingerprint density at radius 3 is 2.29 bits per heavy atom. The van der Waals surface area contributed by atoms with Crippen LogP contribution in [-0.4, -0.2) is 12.6 Å². The molecule has 0 bridgehead atoms. The summed E-state index contributed by atoms with van der Waals surface area (Å²) in [7, 11) is 0. The first-order valence-electron chi connectivity index (χ1n) is 6.58. The molecule has 0 heterocycles. The van der Waals surface area contributed by atoms with Crippen molar-refractivity contribution < 1.29 is 14.3 Å². The van der Waals surface area contributed by atoms with E-state index in [0.717, 1.165) is 0 Å². The standard InChI is InChI=1S/C17H10Cl4O3/c1-2-5-23-17(22)11-6-14(20)16(15(21)7-11)24-9-10-3-4-12(18)8-13(10)19/h1,3-4,6-8H,5,9H2. The van der Waals surface area contributed by atoms with Gasteiger partial charge in [-0.2, -0.15) is 0 Å². The van der Waals surface area contributed by atoms with E-state index in [4.69, 9.17) is 62.3 Å². The molecule has 0 N–H and O–H groups in total. The summed E-state index contributed by atoms with van der Waals surface area (Å²) in [6, 6.07) is 7.82. The molecule has 2 aromatic rings. The van der Waals surface area contributed by atoms with Crippen molar-refractivity contribution in [1.82, 2.24) is 0 Å². The third-order valence-electron chi connectivity index (χ3n) is 2.91. The summed E-state index contributed by atoms with van der Waals surface area (Å²) in [6.45, 7) is -0.00226. The molecule has 0 unspecified atom stereocenters. The maximum atomic E-state index is 11.8. The Bertz CT molecular complexity index is 789. The average Bonchev–Trinajstić information content (AvgIpc) is 2.53. The van der Waals surface area contributed by atoms with E-state index in [1.807, 2.05) is 0 Å². The van der Waals surface area contributed by atoms with E-state index in [9.17, 15) is 4.79 Å². The Hall–Kier alpha value is -1.57. The molecule has 2 rings (SSSR count). The van der Waals surface area contributed by atoms with Gasteiger partial charge in [0, 0.05) is 15.6 Å². The van der Waals surface area contributed by atoms with Crippen molar-refractivity contribution >= 4 is 52.4 Å². The summed E-state index contributed by atoms with van der Waals surface area (Å²) in [4.78, 5) is 11.8. The van der Waals surface area contributed by atoms with Crippen molar-refractivity contribution in [2.24, 2.45) is 0 Å². The molecule has 0 amide bonds. The van der Waals surface area contributed by atoms with Gasteiger partial charge in [-0.15, -0.1) is 6.42 Å². The molecule has 0 aliphatic rings. The van der Waals surface area contributed by atoms with E-state index in [-0.39, 0.29) is 34.6 Å². The summed E-state index contributed by atoms with van der Waals surface area (Å²) in [6.07, 6.45) is 5.04. The largest absolute Gasteiger partial charge is 0.486 e. The first-order chi connectivity index (χ1) is 11.4. The van der Waals surface area contributed by atoms with E-state index < -0.39 is 5.97 Å². The van der Waals surface area contributed by atoms with Gasteiger partial charge in [0.1, 0.15) is 6.61 Å². The number of halogens is 4. The number of carbonyl (C=O) groups excluding carboxylic acids is 1. The van der Waals surface area contributed by atoms with Gasteiger partial charge >= 0.3 is 5.97 Å². The number of carbonyl (C=O) groups is 1. The zero-order chi connectivity index (χ0) is 17.7. The Kier molecular flexibility index (Phi) is 6.65. The predicted octanol–water partition coefficient (Wildman–Crippen LogP) is 5.67. The molecular formula is C17H10Cl4O3. The van der Waals surface area contributed by atoms with Crippen LogP contribution in [0, 0.1) is 12.3 Å². The molecule has 3 nitrogen and oxygen atoms in total. The molecule has 0 atom stereocenters. The molecule has 0 spiro atoms. The Balaban J connectivity index is 2.16. The third kappa shape index (κ3) is 4.72. The highest BCUT2D eigenvalue weighted by Crippen LogP contribution is 2.35. The van der Waals surface area contributed by atoms with Gasteiger partial charge in [-0.05, 0) is 24.3 Å². The normalized spacial score (nSPS) is 10.1. The fourth-order valence-corrected chi connectivity index (χ4v) is 2.85. The highest BCUT2D eigenvalue weighted by atomic mass is 35.5. The van der Waals surface area contributed by atoms with E-state index in [2.05, 4.69) is 5.92 Å². The lowest BCUT2D eigenvalue weighted by molar-refractivity contribution is 0.0556. The van der Waals surface area contributed by atoms with Crippen LogP contribution >= 0.6 is 46.4 Å². The first kappa shape index (κ1) is 18.8. The van der Waals surface area contributed by atoms with E-state index in [1.165, 1.54) is 12.1 Å². The second-order valence-corrected chi connectivity index (χ2v) is 6.23. The molecule has 0 radical (unpaired) electrons. The molecule has 0 saturated carbocycles. The molecule has 24 heavy (non-hydrogen) atoms. The van der Waals surface area contributed by atoms with Crippen LogP contribution in [0.1, 0.15) is 15.9 Å². The van der Waals surface area contributed by atoms with Gasteiger partial charge in [-0.1, -0.05) is 58.4 Å². The van der Waals surface area contributed by atoms with Crippen LogP contribution in [0.4, 0.5) is 0 Å². The molecule has 0 saturated heterocycles. The lowest BCUT2D eigenvalue weighted by atomic mass is 10.2. The molecule has 0 aliphatic heterocycles. The summed E-state index contributed by atoms with van der Waals surface area (Å²) in [5.74, 6) is 1.81. The van der Waals surface area contributed by atoms with Crippen LogP contribution in [-0.2, 0) is 11.3 Å². The van der Waals surface area contributed by atoms with Crippen molar-refractivity contribution in [3.63, 3.8) is 0 Å². The van der Waals surface area contributed by atoms with Gasteiger partial charge in [0.15, 0.2) is 12.4 Å². The maximum absolute atomic E-state index is 11.8. The molecular weight excluding hydrogens is 394 g/mol. The average molecular weight is 404 g/mol. The number of esters is 1. The van der Waals surface area contributed by atoms with Crippen molar-refractivity contribution in [1.29, 1.82) is 0 Å². The number of terminal acetylenes is 1. The summed E-state index contributed by atoms with van der Waals surface area (Å²) in [5, 5.41) is 1.32. The number of benzene rings is 2. The Labute approximate surface area is 159 Å². The van der Waals surface area contributed by atoms with Crippen LogP contribution in [0.15, 0.2) is 30.3 Å². The minimum atomic E-state index is -0.621. The third-order valence-corrected chi connectivity index (χ3v) is 4.06. The lowest BCUT2D eigenvalue weighted by Crippen LogP contribution is -2.06. The zero-order valence-corrected chi connectivity index (χ0v) is 15.1. The van der Waals surface area contributed by atoms with Crippen molar-refractivity contribution in [2.75, 3.05) is 6.61 Å². The van der Waals surface area contributed by atoms with Gasteiger partial charge in [0.05, 0.1) is 15.6 Å². The molecule has 0 aromatic heterocycles. The lowest BCUT2D eigenvalue weighted by Gasteiger charge is -2.12.